The Kier molecular flexibility index (Phi) is 6.04. The summed E-state index contributed by atoms with van der Waals surface area (Å²) in [5.41, 5.74) is 0. The summed E-state index contributed by atoms with van der Waals surface area (Å²) in [5.74, 6) is -1.43. The highest BCUT2D eigenvalue weighted by Gasteiger charge is 2.40. The molecule has 0 aromatic heterocycles. The van der Waals surface area contributed by atoms with Gasteiger partial charge in [-0.2, -0.15) is 0 Å². The van der Waals surface area contributed by atoms with E-state index in [0.717, 1.165) is 32.1 Å². The van der Waals surface area contributed by atoms with Crippen molar-refractivity contribution in [3.05, 3.63) is 0 Å². The second-order valence-electron chi connectivity index (χ2n) is 6.76. The molecular formula is C18H26O4. The lowest BCUT2D eigenvalue weighted by Crippen LogP contribution is -2.36. The summed E-state index contributed by atoms with van der Waals surface area (Å²) >= 11 is 0. The minimum atomic E-state index is -1.03. The van der Waals surface area contributed by atoms with Gasteiger partial charge in [0.05, 0.1) is 0 Å². The van der Waals surface area contributed by atoms with E-state index >= 15 is 0 Å². The van der Waals surface area contributed by atoms with Gasteiger partial charge in [0.1, 0.15) is 11.7 Å². The Morgan fingerprint density at radius 3 is 2.32 bits per heavy atom. The molecule has 2 aliphatic carbocycles. The molecule has 2 saturated carbocycles. The minimum absolute atomic E-state index is 0.0377. The Labute approximate surface area is 132 Å². The fourth-order valence-corrected chi connectivity index (χ4v) is 3.87. The van der Waals surface area contributed by atoms with Crippen LogP contribution in [0.25, 0.3) is 0 Å². The fourth-order valence-electron chi connectivity index (χ4n) is 3.87. The summed E-state index contributed by atoms with van der Waals surface area (Å²) in [4.78, 5) is 48.2. The lowest BCUT2D eigenvalue weighted by molar-refractivity contribution is -0.142. The normalized spacial score (nSPS) is 26.7. The third-order valence-corrected chi connectivity index (χ3v) is 5.14. The summed E-state index contributed by atoms with van der Waals surface area (Å²) in [6.45, 7) is 2.12. The van der Waals surface area contributed by atoms with Gasteiger partial charge >= 0.3 is 0 Å². The summed E-state index contributed by atoms with van der Waals surface area (Å²) < 4.78 is 0. The van der Waals surface area contributed by atoms with Gasteiger partial charge in [0.2, 0.25) is 0 Å². The van der Waals surface area contributed by atoms with E-state index in [4.69, 9.17) is 0 Å². The Morgan fingerprint density at radius 1 is 1.00 bits per heavy atom. The SMILES string of the molecule is CCCCCC1C(=O)CCC1CC(=O)C1C(=O)CCCC1=O. The zero-order valence-corrected chi connectivity index (χ0v) is 13.4. The standard InChI is InChI=1S/C18H26O4/c1-2-3-4-6-13-12(9-10-14(13)19)11-17(22)18-15(20)7-5-8-16(18)21/h12-13,18H,2-11H2,1H3. The van der Waals surface area contributed by atoms with Crippen LogP contribution >= 0.6 is 0 Å². The zero-order chi connectivity index (χ0) is 16.1. The third kappa shape index (κ3) is 3.90. The van der Waals surface area contributed by atoms with Gasteiger partial charge in [-0.05, 0) is 25.2 Å². The maximum Gasteiger partial charge on any atom is 0.151 e. The van der Waals surface area contributed by atoms with Gasteiger partial charge in [-0.1, -0.05) is 26.2 Å². The van der Waals surface area contributed by atoms with Crippen LogP contribution in [0.1, 0.15) is 71.1 Å². The smallest absolute Gasteiger partial charge is 0.151 e. The van der Waals surface area contributed by atoms with Crippen molar-refractivity contribution >= 4 is 23.1 Å². The van der Waals surface area contributed by atoms with Gasteiger partial charge in [0, 0.05) is 31.6 Å². The van der Waals surface area contributed by atoms with Crippen molar-refractivity contribution in [2.75, 3.05) is 0 Å². The molecule has 2 atom stereocenters. The van der Waals surface area contributed by atoms with Crippen LogP contribution in [0.2, 0.25) is 0 Å². The predicted molar refractivity (Wildman–Crippen MR) is 82.3 cm³/mol. The Morgan fingerprint density at radius 2 is 1.68 bits per heavy atom. The highest BCUT2D eigenvalue weighted by atomic mass is 16.2. The van der Waals surface area contributed by atoms with Gasteiger partial charge in [-0.25, -0.2) is 0 Å². The van der Waals surface area contributed by atoms with Gasteiger partial charge < -0.3 is 0 Å². The highest BCUT2D eigenvalue weighted by molar-refractivity contribution is 6.20. The van der Waals surface area contributed by atoms with Crippen LogP contribution in [-0.4, -0.2) is 23.1 Å². The number of carbonyl (C=O) groups excluding carboxylic acids is 4. The van der Waals surface area contributed by atoms with E-state index in [1.165, 1.54) is 0 Å². The predicted octanol–water partition coefficient (Wildman–Crippen LogP) is 3.06. The van der Waals surface area contributed by atoms with Crippen LogP contribution in [0.4, 0.5) is 0 Å². The highest BCUT2D eigenvalue weighted by Crippen LogP contribution is 2.36. The number of unbranched alkanes of at least 4 members (excludes halogenated alkanes) is 2. The monoisotopic (exact) mass is 306 g/mol. The average molecular weight is 306 g/mol. The van der Waals surface area contributed by atoms with Gasteiger partial charge in [-0.15, -0.1) is 0 Å². The second-order valence-corrected chi connectivity index (χ2v) is 6.76. The van der Waals surface area contributed by atoms with E-state index in [1.54, 1.807) is 0 Å². The molecule has 2 aliphatic rings. The Balaban J connectivity index is 1.95. The summed E-state index contributed by atoms with van der Waals surface area (Å²) in [7, 11) is 0. The molecule has 2 fully saturated rings. The fraction of sp³-hybridized carbons (Fsp3) is 0.778. The molecule has 0 radical (unpaired) electrons. The number of carbonyl (C=O) groups is 4. The first-order valence-electron chi connectivity index (χ1n) is 8.65. The first-order valence-corrected chi connectivity index (χ1v) is 8.65. The Hall–Kier alpha value is -1.32. The second kappa shape index (κ2) is 7.80. The molecule has 0 aliphatic heterocycles. The van der Waals surface area contributed by atoms with Crippen LogP contribution in [0.15, 0.2) is 0 Å². The lowest BCUT2D eigenvalue weighted by Gasteiger charge is -2.22. The third-order valence-electron chi connectivity index (χ3n) is 5.14. The van der Waals surface area contributed by atoms with Gasteiger partial charge in [0.15, 0.2) is 17.3 Å². The minimum Gasteiger partial charge on any atom is -0.299 e. The molecule has 22 heavy (non-hydrogen) atoms. The van der Waals surface area contributed by atoms with Crippen molar-refractivity contribution in [3.8, 4) is 0 Å². The van der Waals surface area contributed by atoms with Crippen LogP contribution in [0, 0.1) is 17.8 Å². The number of Topliss-reactive ketones (excluding diaryl/α,β-unsaturated/α-hetero) is 4. The molecule has 0 heterocycles. The number of ketones is 4. The van der Waals surface area contributed by atoms with Crippen LogP contribution in [0.5, 0.6) is 0 Å². The van der Waals surface area contributed by atoms with Crippen LogP contribution in [-0.2, 0) is 19.2 Å². The van der Waals surface area contributed by atoms with E-state index in [9.17, 15) is 19.2 Å². The van der Waals surface area contributed by atoms with Crippen molar-refractivity contribution in [2.45, 2.75) is 71.1 Å². The molecule has 0 spiro atoms. The molecule has 4 nitrogen and oxygen atoms in total. The molecule has 0 bridgehead atoms. The first-order chi connectivity index (χ1) is 10.5. The topological polar surface area (TPSA) is 68.3 Å². The average Bonchev–Trinajstić information content (AvgIpc) is 2.80. The Bertz CT molecular complexity index is 450. The molecule has 122 valence electrons. The van der Waals surface area contributed by atoms with Crippen LogP contribution < -0.4 is 0 Å². The molecule has 0 aromatic rings. The maximum absolute atomic E-state index is 12.4. The van der Waals surface area contributed by atoms with Gasteiger partial charge in [0.25, 0.3) is 0 Å². The number of hydrogen-bond donors (Lipinski definition) is 0. The molecule has 2 rings (SSSR count). The molecular weight excluding hydrogens is 280 g/mol. The van der Waals surface area contributed by atoms with Crippen molar-refractivity contribution in [1.82, 2.24) is 0 Å². The molecule has 0 saturated heterocycles. The summed E-state index contributed by atoms with van der Waals surface area (Å²) in [5, 5.41) is 0. The van der Waals surface area contributed by atoms with E-state index in [2.05, 4.69) is 6.92 Å². The summed E-state index contributed by atoms with van der Waals surface area (Å²) in [6, 6.07) is 0. The molecule has 0 aromatic carbocycles. The van der Waals surface area contributed by atoms with E-state index in [1.807, 2.05) is 0 Å². The number of rotatable bonds is 7. The maximum atomic E-state index is 12.4. The van der Waals surface area contributed by atoms with Crippen molar-refractivity contribution in [3.63, 3.8) is 0 Å². The van der Waals surface area contributed by atoms with Crippen LogP contribution in [0.3, 0.4) is 0 Å². The lowest BCUT2D eigenvalue weighted by atomic mass is 9.78. The first kappa shape index (κ1) is 17.0. The van der Waals surface area contributed by atoms with E-state index in [-0.39, 0.29) is 41.4 Å². The molecule has 2 unspecified atom stereocenters. The molecule has 4 heteroatoms. The zero-order valence-electron chi connectivity index (χ0n) is 13.4. The van der Waals surface area contributed by atoms with E-state index < -0.39 is 5.92 Å². The largest absolute Gasteiger partial charge is 0.299 e. The summed E-state index contributed by atoms with van der Waals surface area (Å²) in [6.07, 6.45) is 6.82. The van der Waals surface area contributed by atoms with Crippen molar-refractivity contribution < 1.29 is 19.2 Å². The van der Waals surface area contributed by atoms with E-state index in [0.29, 0.717) is 25.7 Å². The quantitative estimate of drug-likeness (QED) is 0.535. The van der Waals surface area contributed by atoms with Crippen molar-refractivity contribution in [1.29, 1.82) is 0 Å². The molecule has 0 amide bonds. The molecule has 0 N–H and O–H groups in total. The number of hydrogen-bond acceptors (Lipinski definition) is 4. The van der Waals surface area contributed by atoms with Gasteiger partial charge in [-0.3, -0.25) is 19.2 Å². The van der Waals surface area contributed by atoms with Crippen molar-refractivity contribution in [2.24, 2.45) is 17.8 Å².